The second kappa shape index (κ2) is 11.2. The number of nitrogens with one attached hydrogen (secondary N) is 1. The highest BCUT2D eigenvalue weighted by molar-refractivity contribution is 7.80. The summed E-state index contributed by atoms with van der Waals surface area (Å²) in [6.45, 7) is 0. The molecule has 0 aromatic heterocycles. The third kappa shape index (κ3) is 5.49. The van der Waals surface area contributed by atoms with Crippen LogP contribution in [-0.4, -0.2) is 26.5 Å². The molecule has 3 atom stereocenters. The Morgan fingerprint density at radius 3 is 2.32 bits per heavy atom. The molecule has 38 heavy (non-hydrogen) atoms. The summed E-state index contributed by atoms with van der Waals surface area (Å²) in [4.78, 5) is 2.03. The Morgan fingerprint density at radius 1 is 0.868 bits per heavy atom. The van der Waals surface area contributed by atoms with Crippen molar-refractivity contribution >= 4 is 23.0 Å². The fraction of sp³-hybridized carbons (Fsp3) is 0.194. The average Bonchev–Trinajstić information content (AvgIpc) is 3.24. The Morgan fingerprint density at radius 2 is 1.61 bits per heavy atom. The van der Waals surface area contributed by atoms with E-state index in [1.54, 1.807) is 36.4 Å². The van der Waals surface area contributed by atoms with Gasteiger partial charge in [0.2, 0.25) is 0 Å². The summed E-state index contributed by atoms with van der Waals surface area (Å²) in [5, 5.41) is 35.7. The SMILES string of the molecule is Oc1cccc(-c2ccc(C3C(CCCC(O)c4ccc(F)cc4)NC(=S)N3c3ccccc3)c(O)c2)c1. The predicted octanol–water partition coefficient (Wildman–Crippen LogP) is 6.61. The lowest BCUT2D eigenvalue weighted by Gasteiger charge is -2.29. The molecule has 0 amide bonds. The fourth-order valence-electron chi connectivity index (χ4n) is 5.11. The molecule has 1 aliphatic rings. The molecule has 4 aromatic carbocycles. The second-order valence-corrected chi connectivity index (χ2v) is 9.92. The molecule has 0 radical (unpaired) electrons. The molecule has 4 N–H and O–H groups in total. The molecule has 0 spiro atoms. The maximum absolute atomic E-state index is 13.3. The number of anilines is 1. The number of halogens is 1. The summed E-state index contributed by atoms with van der Waals surface area (Å²) in [5.74, 6) is -0.0301. The van der Waals surface area contributed by atoms with Gasteiger partial charge in [-0.2, -0.15) is 0 Å². The first kappa shape index (κ1) is 25.7. The largest absolute Gasteiger partial charge is 0.508 e. The Hall–Kier alpha value is -3.94. The molecular formula is C31H29FN2O3S. The van der Waals surface area contributed by atoms with Crippen LogP contribution in [0.25, 0.3) is 11.1 Å². The standard InChI is InChI=1S/C31H29FN2O3S/c32-23-15-12-20(13-16-23)28(36)11-5-10-27-30(34(31(38)33-27)24-7-2-1-3-8-24)26-17-14-22(19-29(26)37)21-6-4-9-25(35)18-21/h1-4,6-9,12-19,27-28,30,35-37H,5,10-11H2,(H,33,38). The smallest absolute Gasteiger partial charge is 0.174 e. The molecule has 5 rings (SSSR count). The molecule has 0 aliphatic carbocycles. The van der Waals surface area contributed by atoms with E-state index in [0.717, 1.165) is 22.4 Å². The van der Waals surface area contributed by atoms with E-state index in [4.69, 9.17) is 12.2 Å². The predicted molar refractivity (Wildman–Crippen MR) is 152 cm³/mol. The van der Waals surface area contributed by atoms with Crippen LogP contribution in [0.3, 0.4) is 0 Å². The number of phenolic OH excluding ortho intramolecular Hbond substituents is 2. The van der Waals surface area contributed by atoms with Crippen molar-refractivity contribution in [1.29, 1.82) is 0 Å². The van der Waals surface area contributed by atoms with Gasteiger partial charge in [0.1, 0.15) is 17.3 Å². The van der Waals surface area contributed by atoms with E-state index < -0.39 is 6.10 Å². The fourth-order valence-corrected chi connectivity index (χ4v) is 5.48. The molecule has 1 heterocycles. The summed E-state index contributed by atoms with van der Waals surface area (Å²) in [7, 11) is 0. The van der Waals surface area contributed by atoms with Crippen LogP contribution >= 0.6 is 12.2 Å². The van der Waals surface area contributed by atoms with Crippen molar-refractivity contribution in [3.63, 3.8) is 0 Å². The van der Waals surface area contributed by atoms with Crippen LogP contribution in [0.4, 0.5) is 10.1 Å². The van der Waals surface area contributed by atoms with Gasteiger partial charge in [-0.15, -0.1) is 0 Å². The number of benzene rings is 4. The van der Waals surface area contributed by atoms with Gasteiger partial charge in [0.15, 0.2) is 5.11 Å². The molecule has 3 unspecified atom stereocenters. The lowest BCUT2D eigenvalue weighted by Crippen LogP contribution is -2.29. The van der Waals surface area contributed by atoms with E-state index in [1.807, 2.05) is 53.4 Å². The van der Waals surface area contributed by atoms with E-state index in [-0.39, 0.29) is 29.4 Å². The lowest BCUT2D eigenvalue weighted by molar-refractivity contribution is 0.162. The molecule has 0 bridgehead atoms. The monoisotopic (exact) mass is 528 g/mol. The van der Waals surface area contributed by atoms with Crippen molar-refractivity contribution in [2.45, 2.75) is 37.5 Å². The van der Waals surface area contributed by atoms with Crippen molar-refractivity contribution in [3.8, 4) is 22.6 Å². The zero-order valence-corrected chi connectivity index (χ0v) is 21.5. The molecule has 0 saturated carbocycles. The van der Waals surface area contributed by atoms with Crippen molar-refractivity contribution in [2.24, 2.45) is 0 Å². The van der Waals surface area contributed by atoms with Gasteiger partial charge in [0.05, 0.1) is 18.2 Å². The first-order chi connectivity index (χ1) is 18.4. The molecule has 4 aromatic rings. The van der Waals surface area contributed by atoms with Crippen molar-refractivity contribution < 1.29 is 19.7 Å². The summed E-state index contributed by atoms with van der Waals surface area (Å²) in [6.07, 6.45) is 1.21. The number of aliphatic hydroxyl groups is 1. The summed E-state index contributed by atoms with van der Waals surface area (Å²) < 4.78 is 13.3. The van der Waals surface area contributed by atoms with Gasteiger partial charge in [-0.3, -0.25) is 0 Å². The number of aromatic hydroxyl groups is 2. The highest BCUT2D eigenvalue weighted by atomic mass is 32.1. The topological polar surface area (TPSA) is 76.0 Å². The van der Waals surface area contributed by atoms with E-state index in [1.165, 1.54) is 12.1 Å². The van der Waals surface area contributed by atoms with E-state index in [2.05, 4.69) is 5.32 Å². The van der Waals surface area contributed by atoms with Gasteiger partial charge in [-0.25, -0.2) is 4.39 Å². The quantitative estimate of drug-likeness (QED) is 0.193. The van der Waals surface area contributed by atoms with Gasteiger partial charge < -0.3 is 25.5 Å². The number of phenols is 2. The highest BCUT2D eigenvalue weighted by Crippen LogP contribution is 2.41. The Balaban J connectivity index is 1.41. The van der Waals surface area contributed by atoms with Crippen LogP contribution in [0.1, 0.15) is 42.5 Å². The van der Waals surface area contributed by atoms with Gasteiger partial charge in [-0.1, -0.05) is 54.6 Å². The molecule has 1 fully saturated rings. The molecule has 1 saturated heterocycles. The van der Waals surface area contributed by atoms with E-state index >= 15 is 0 Å². The summed E-state index contributed by atoms with van der Waals surface area (Å²) >= 11 is 5.75. The van der Waals surface area contributed by atoms with Crippen molar-refractivity contribution in [1.82, 2.24) is 5.32 Å². The first-order valence-electron chi connectivity index (χ1n) is 12.6. The van der Waals surface area contributed by atoms with Gasteiger partial charge in [-0.05, 0) is 90.6 Å². The van der Waals surface area contributed by atoms with Crippen LogP contribution in [0.15, 0.2) is 97.1 Å². The maximum atomic E-state index is 13.3. The molecule has 7 heteroatoms. The first-order valence-corrected chi connectivity index (χ1v) is 13.0. The van der Waals surface area contributed by atoms with Gasteiger partial charge in [0, 0.05) is 11.3 Å². The number of hydrogen-bond acceptors (Lipinski definition) is 4. The third-order valence-electron chi connectivity index (χ3n) is 7.00. The van der Waals surface area contributed by atoms with Crippen molar-refractivity contribution in [2.75, 3.05) is 4.90 Å². The minimum Gasteiger partial charge on any atom is -0.508 e. The van der Waals surface area contributed by atoms with E-state index in [9.17, 15) is 19.7 Å². The molecule has 5 nitrogen and oxygen atoms in total. The molecular weight excluding hydrogens is 499 g/mol. The number of para-hydroxylation sites is 1. The minimum absolute atomic E-state index is 0.111. The lowest BCUT2D eigenvalue weighted by atomic mass is 9.92. The molecule has 194 valence electrons. The van der Waals surface area contributed by atoms with Crippen molar-refractivity contribution in [3.05, 3.63) is 114 Å². The van der Waals surface area contributed by atoms with Gasteiger partial charge >= 0.3 is 0 Å². The molecule has 1 aliphatic heterocycles. The number of nitrogens with zero attached hydrogens (tertiary/aromatic N) is 1. The normalized spacial score (nSPS) is 17.8. The van der Waals surface area contributed by atoms with Crippen LogP contribution < -0.4 is 10.2 Å². The summed E-state index contributed by atoms with van der Waals surface area (Å²) in [6, 6.07) is 27.8. The Labute approximate surface area is 226 Å². The summed E-state index contributed by atoms with van der Waals surface area (Å²) in [5.41, 5.74) is 3.93. The number of rotatable bonds is 8. The Kier molecular flexibility index (Phi) is 7.58. The average molecular weight is 529 g/mol. The van der Waals surface area contributed by atoms with Crippen LogP contribution in [0.2, 0.25) is 0 Å². The van der Waals surface area contributed by atoms with Crippen LogP contribution in [0.5, 0.6) is 11.5 Å². The maximum Gasteiger partial charge on any atom is 0.174 e. The minimum atomic E-state index is -0.692. The number of thiocarbonyl (C=S) groups is 1. The number of aliphatic hydroxyl groups excluding tert-OH is 1. The zero-order chi connectivity index (χ0) is 26.6. The highest BCUT2D eigenvalue weighted by Gasteiger charge is 2.40. The van der Waals surface area contributed by atoms with Crippen LogP contribution in [-0.2, 0) is 0 Å². The van der Waals surface area contributed by atoms with Crippen LogP contribution in [0, 0.1) is 5.82 Å². The Bertz CT molecular complexity index is 1410. The number of hydrogen-bond donors (Lipinski definition) is 4. The zero-order valence-electron chi connectivity index (χ0n) is 20.7. The second-order valence-electron chi connectivity index (χ2n) is 9.53. The van der Waals surface area contributed by atoms with E-state index in [0.29, 0.717) is 29.9 Å². The third-order valence-corrected chi connectivity index (χ3v) is 7.31. The van der Waals surface area contributed by atoms with Gasteiger partial charge in [0.25, 0.3) is 0 Å².